The molecule has 6 nitrogen and oxygen atoms in total. The fraction of sp³-hybridized carbons (Fsp3) is 0.652. The number of carbonyl (C=O) groups excluding carboxylic acids is 2. The van der Waals surface area contributed by atoms with Gasteiger partial charge in [0.2, 0.25) is 0 Å². The zero-order valence-electron chi connectivity index (χ0n) is 18.9. The predicted octanol–water partition coefficient (Wildman–Crippen LogP) is 6.40. The molecule has 2 amide bonds. The van der Waals surface area contributed by atoms with Gasteiger partial charge in [-0.2, -0.15) is 0 Å². The molecular weight excluding hydrogens is 368 g/mol. The van der Waals surface area contributed by atoms with E-state index in [1.54, 1.807) is 12.1 Å². The van der Waals surface area contributed by atoms with Gasteiger partial charge in [-0.05, 0) is 64.7 Å². The van der Waals surface area contributed by atoms with Crippen LogP contribution in [0.3, 0.4) is 0 Å². The Bertz CT molecular complexity index is 637. The number of nitrogens with one attached hydrogen (secondary N) is 2. The average Bonchev–Trinajstić information content (AvgIpc) is 2.60. The Morgan fingerprint density at radius 1 is 0.897 bits per heavy atom. The van der Waals surface area contributed by atoms with Gasteiger partial charge >= 0.3 is 12.2 Å². The van der Waals surface area contributed by atoms with E-state index < -0.39 is 17.8 Å². The number of alkyl carbamates (subject to hydrolysis) is 1. The molecule has 164 valence electrons. The Labute approximate surface area is 175 Å². The van der Waals surface area contributed by atoms with Gasteiger partial charge in [0.1, 0.15) is 12.2 Å². The SMILES string of the molecule is CCCCCC(C)(CCC)OC(=O)Nc1ccc(COC(=O)NC(C)(C)C)cc1. The second-order valence-electron chi connectivity index (χ2n) is 8.82. The summed E-state index contributed by atoms with van der Waals surface area (Å²) in [5, 5.41) is 5.53. The van der Waals surface area contributed by atoms with E-state index in [9.17, 15) is 9.59 Å². The van der Waals surface area contributed by atoms with E-state index >= 15 is 0 Å². The van der Waals surface area contributed by atoms with Gasteiger partial charge in [0.15, 0.2) is 0 Å². The third-order valence-electron chi connectivity index (χ3n) is 4.47. The monoisotopic (exact) mass is 406 g/mol. The summed E-state index contributed by atoms with van der Waals surface area (Å²) in [6, 6.07) is 7.17. The van der Waals surface area contributed by atoms with Crippen molar-refractivity contribution in [3.8, 4) is 0 Å². The predicted molar refractivity (Wildman–Crippen MR) is 117 cm³/mol. The molecule has 0 aliphatic heterocycles. The van der Waals surface area contributed by atoms with Gasteiger partial charge in [-0.15, -0.1) is 0 Å². The standard InChI is InChI=1S/C23H38N2O4/c1-7-9-10-16-23(6,15-8-2)29-20(26)24-19-13-11-18(12-14-19)17-28-21(27)25-22(3,4)5/h11-14H,7-10,15-17H2,1-6H3,(H,24,26)(H,25,27). The van der Waals surface area contributed by atoms with E-state index in [0.29, 0.717) is 5.69 Å². The minimum Gasteiger partial charge on any atom is -0.445 e. The summed E-state index contributed by atoms with van der Waals surface area (Å²) in [5.41, 5.74) is 0.699. The molecule has 0 aliphatic carbocycles. The summed E-state index contributed by atoms with van der Waals surface area (Å²) < 4.78 is 11.0. The third kappa shape index (κ3) is 10.8. The summed E-state index contributed by atoms with van der Waals surface area (Å²) in [6.07, 6.45) is 5.12. The highest BCUT2D eigenvalue weighted by Crippen LogP contribution is 2.26. The first-order valence-electron chi connectivity index (χ1n) is 10.6. The number of anilines is 1. The van der Waals surface area contributed by atoms with Crippen molar-refractivity contribution < 1.29 is 19.1 Å². The maximum Gasteiger partial charge on any atom is 0.412 e. The molecule has 1 unspecified atom stereocenters. The zero-order chi connectivity index (χ0) is 21.9. The molecule has 0 saturated heterocycles. The fourth-order valence-corrected chi connectivity index (χ4v) is 3.05. The first-order chi connectivity index (χ1) is 13.6. The lowest BCUT2D eigenvalue weighted by Crippen LogP contribution is -2.40. The van der Waals surface area contributed by atoms with Gasteiger partial charge in [-0.1, -0.05) is 45.2 Å². The summed E-state index contributed by atoms with van der Waals surface area (Å²) in [7, 11) is 0. The number of unbranched alkanes of at least 4 members (excludes halogenated alkanes) is 2. The number of hydrogen-bond acceptors (Lipinski definition) is 4. The number of ether oxygens (including phenoxy) is 2. The summed E-state index contributed by atoms with van der Waals surface area (Å²) >= 11 is 0. The molecule has 1 aromatic carbocycles. The number of carbonyl (C=O) groups is 2. The van der Waals surface area contributed by atoms with Gasteiger partial charge in [-0.3, -0.25) is 5.32 Å². The largest absolute Gasteiger partial charge is 0.445 e. The van der Waals surface area contributed by atoms with Gasteiger partial charge in [0, 0.05) is 11.2 Å². The normalized spacial score (nSPS) is 13.3. The number of rotatable bonds is 10. The van der Waals surface area contributed by atoms with E-state index in [1.807, 2.05) is 39.8 Å². The lowest BCUT2D eigenvalue weighted by molar-refractivity contribution is 0.0182. The van der Waals surface area contributed by atoms with Crippen molar-refractivity contribution in [2.45, 2.75) is 97.8 Å². The van der Waals surface area contributed by atoms with Crippen molar-refractivity contribution in [1.29, 1.82) is 0 Å². The van der Waals surface area contributed by atoms with E-state index in [4.69, 9.17) is 9.47 Å². The molecule has 29 heavy (non-hydrogen) atoms. The van der Waals surface area contributed by atoms with Crippen LogP contribution in [0.1, 0.15) is 85.6 Å². The van der Waals surface area contributed by atoms with Gasteiger partial charge < -0.3 is 14.8 Å². The van der Waals surface area contributed by atoms with Crippen LogP contribution in [0.25, 0.3) is 0 Å². The van der Waals surface area contributed by atoms with Gasteiger partial charge in [0.25, 0.3) is 0 Å². The molecule has 0 heterocycles. The molecule has 1 atom stereocenters. The van der Waals surface area contributed by atoms with Crippen LogP contribution in [-0.2, 0) is 16.1 Å². The topological polar surface area (TPSA) is 76.7 Å². The molecule has 1 rings (SSSR count). The molecular formula is C23H38N2O4. The minimum absolute atomic E-state index is 0.165. The van der Waals surface area contributed by atoms with Crippen molar-refractivity contribution in [3.63, 3.8) is 0 Å². The van der Waals surface area contributed by atoms with Crippen molar-refractivity contribution in [1.82, 2.24) is 5.32 Å². The maximum absolute atomic E-state index is 12.4. The summed E-state index contributed by atoms with van der Waals surface area (Å²) in [5.74, 6) is 0. The smallest absolute Gasteiger partial charge is 0.412 e. The van der Waals surface area contributed by atoms with E-state index in [1.165, 1.54) is 0 Å². The fourth-order valence-electron chi connectivity index (χ4n) is 3.05. The van der Waals surface area contributed by atoms with E-state index in [-0.39, 0.29) is 12.1 Å². The van der Waals surface area contributed by atoms with Crippen LogP contribution in [0.2, 0.25) is 0 Å². The van der Waals surface area contributed by atoms with Crippen LogP contribution in [-0.4, -0.2) is 23.3 Å². The van der Waals surface area contributed by atoms with E-state index in [0.717, 1.165) is 44.1 Å². The molecule has 0 radical (unpaired) electrons. The lowest BCUT2D eigenvalue weighted by atomic mass is 9.93. The second kappa shape index (κ2) is 11.7. The highest BCUT2D eigenvalue weighted by atomic mass is 16.6. The summed E-state index contributed by atoms with van der Waals surface area (Å²) in [6.45, 7) is 12.1. The van der Waals surface area contributed by atoms with Gasteiger partial charge in [-0.25, -0.2) is 9.59 Å². The summed E-state index contributed by atoms with van der Waals surface area (Å²) in [4.78, 5) is 24.1. The quantitative estimate of drug-likeness (QED) is 0.441. The Kier molecular flexibility index (Phi) is 9.99. The van der Waals surface area contributed by atoms with Crippen LogP contribution < -0.4 is 10.6 Å². The first-order valence-corrected chi connectivity index (χ1v) is 10.6. The molecule has 1 aromatic rings. The molecule has 6 heteroatoms. The van der Waals surface area contributed by atoms with Crippen LogP contribution in [0.15, 0.2) is 24.3 Å². The molecule has 0 aliphatic rings. The molecule has 0 spiro atoms. The van der Waals surface area contributed by atoms with Crippen LogP contribution in [0, 0.1) is 0 Å². The Morgan fingerprint density at radius 3 is 2.10 bits per heavy atom. The Balaban J connectivity index is 2.54. The highest BCUT2D eigenvalue weighted by molar-refractivity contribution is 5.84. The maximum atomic E-state index is 12.4. The average molecular weight is 407 g/mol. The number of hydrogen-bond donors (Lipinski definition) is 2. The van der Waals surface area contributed by atoms with Crippen LogP contribution in [0.5, 0.6) is 0 Å². The lowest BCUT2D eigenvalue weighted by Gasteiger charge is -2.29. The molecule has 2 N–H and O–H groups in total. The first kappa shape index (κ1) is 24.8. The molecule has 0 saturated carbocycles. The second-order valence-corrected chi connectivity index (χ2v) is 8.82. The minimum atomic E-state index is -0.457. The Morgan fingerprint density at radius 2 is 1.55 bits per heavy atom. The number of amides is 2. The molecule has 0 bridgehead atoms. The van der Waals surface area contributed by atoms with Crippen molar-refractivity contribution in [2.24, 2.45) is 0 Å². The van der Waals surface area contributed by atoms with Crippen LogP contribution >= 0.6 is 0 Å². The molecule has 0 fully saturated rings. The number of benzene rings is 1. The van der Waals surface area contributed by atoms with Gasteiger partial charge in [0.05, 0.1) is 0 Å². The zero-order valence-corrected chi connectivity index (χ0v) is 18.9. The Hall–Kier alpha value is -2.24. The highest BCUT2D eigenvalue weighted by Gasteiger charge is 2.27. The third-order valence-corrected chi connectivity index (χ3v) is 4.47. The van der Waals surface area contributed by atoms with Crippen molar-refractivity contribution in [3.05, 3.63) is 29.8 Å². The van der Waals surface area contributed by atoms with Crippen LogP contribution in [0.4, 0.5) is 15.3 Å². The van der Waals surface area contributed by atoms with Crippen molar-refractivity contribution in [2.75, 3.05) is 5.32 Å². The van der Waals surface area contributed by atoms with E-state index in [2.05, 4.69) is 24.5 Å². The van der Waals surface area contributed by atoms with Crippen molar-refractivity contribution >= 4 is 17.9 Å². The molecule has 0 aromatic heterocycles.